The number of likely N-dealkylation sites (tertiary alicyclic amines) is 1. The molecule has 0 atom stereocenters. The standard InChI is InChI=1S/C36H43N7O2/c1-6-41-21-38-30-20-29(40-33(32(30)41)39-24-12-10-22(2)27(17-24)34(44)37-5)23-11-13-28-31(16-23)43(35(45)36(28,3)4)26-18-25(19-26)42-14-8-7-9-15-42/h10-13,16-17,20-21,25-26H,6-9,14-15,18-19H2,1-5H3,(H,37,44)(H,39,40)/t25-,26+. The van der Waals surface area contributed by atoms with Crippen molar-refractivity contribution in [3.63, 3.8) is 0 Å². The Morgan fingerprint density at radius 3 is 2.53 bits per heavy atom. The van der Waals surface area contributed by atoms with Crippen LogP contribution in [0, 0.1) is 6.92 Å². The van der Waals surface area contributed by atoms with Gasteiger partial charge >= 0.3 is 0 Å². The van der Waals surface area contributed by atoms with E-state index in [1.807, 2.05) is 51.4 Å². The summed E-state index contributed by atoms with van der Waals surface area (Å²) < 4.78 is 2.07. The Kier molecular flexibility index (Phi) is 7.39. The van der Waals surface area contributed by atoms with E-state index in [1.54, 1.807) is 7.05 Å². The molecule has 1 saturated carbocycles. The van der Waals surface area contributed by atoms with Gasteiger partial charge in [-0.05, 0) is 102 Å². The molecule has 234 valence electrons. The Hall–Kier alpha value is -4.24. The number of rotatable bonds is 7. The average Bonchev–Trinajstić information content (AvgIpc) is 3.53. The van der Waals surface area contributed by atoms with Crippen molar-refractivity contribution in [1.29, 1.82) is 0 Å². The monoisotopic (exact) mass is 605 g/mol. The fourth-order valence-electron chi connectivity index (χ4n) is 7.45. The number of benzene rings is 2. The minimum absolute atomic E-state index is 0.129. The molecule has 2 amide bonds. The van der Waals surface area contributed by atoms with Crippen molar-refractivity contribution in [2.24, 2.45) is 0 Å². The number of imidazole rings is 1. The number of hydrogen-bond donors (Lipinski definition) is 2. The number of anilines is 3. The molecule has 9 heteroatoms. The third kappa shape index (κ3) is 4.97. The molecule has 1 aliphatic carbocycles. The lowest BCUT2D eigenvalue weighted by Gasteiger charge is -2.48. The minimum atomic E-state index is -0.567. The maximum Gasteiger partial charge on any atom is 0.251 e. The van der Waals surface area contributed by atoms with Crippen LogP contribution in [0.15, 0.2) is 48.8 Å². The first kappa shape index (κ1) is 29.5. The van der Waals surface area contributed by atoms with Crippen molar-refractivity contribution in [2.75, 3.05) is 30.4 Å². The summed E-state index contributed by atoms with van der Waals surface area (Å²) in [6, 6.07) is 14.9. The van der Waals surface area contributed by atoms with Gasteiger partial charge in [0.25, 0.3) is 5.91 Å². The molecule has 3 aliphatic rings. The van der Waals surface area contributed by atoms with E-state index >= 15 is 0 Å². The Morgan fingerprint density at radius 1 is 1.02 bits per heavy atom. The van der Waals surface area contributed by atoms with Crippen LogP contribution in [0.3, 0.4) is 0 Å². The van der Waals surface area contributed by atoms with Crippen molar-refractivity contribution >= 4 is 40.0 Å². The highest BCUT2D eigenvalue weighted by atomic mass is 16.2. The van der Waals surface area contributed by atoms with Crippen LogP contribution in [0.4, 0.5) is 17.2 Å². The molecule has 2 fully saturated rings. The van der Waals surface area contributed by atoms with E-state index in [1.165, 1.54) is 32.4 Å². The Labute approximate surface area is 265 Å². The highest BCUT2D eigenvalue weighted by Gasteiger charge is 2.50. The molecular weight excluding hydrogens is 562 g/mol. The van der Waals surface area contributed by atoms with E-state index in [-0.39, 0.29) is 17.9 Å². The number of carbonyl (C=O) groups is 2. The molecule has 2 N–H and O–H groups in total. The number of hydrogen-bond acceptors (Lipinski definition) is 6. The molecule has 0 spiro atoms. The molecule has 45 heavy (non-hydrogen) atoms. The van der Waals surface area contributed by atoms with E-state index in [0.717, 1.165) is 64.2 Å². The lowest BCUT2D eigenvalue weighted by molar-refractivity contribution is -0.123. The summed E-state index contributed by atoms with van der Waals surface area (Å²) in [4.78, 5) is 41.0. The molecule has 7 rings (SSSR count). The van der Waals surface area contributed by atoms with Crippen LogP contribution in [0.5, 0.6) is 0 Å². The number of nitrogens with one attached hydrogen (secondary N) is 2. The zero-order valence-electron chi connectivity index (χ0n) is 27.0. The van der Waals surface area contributed by atoms with Crippen LogP contribution in [0.25, 0.3) is 22.3 Å². The number of piperidine rings is 1. The number of fused-ring (bicyclic) bond motifs is 2. The molecule has 1 saturated heterocycles. The van der Waals surface area contributed by atoms with E-state index in [0.29, 0.717) is 17.4 Å². The zero-order valence-corrected chi connectivity index (χ0v) is 27.0. The fraction of sp³-hybridized carbons (Fsp3) is 0.444. The molecule has 0 bridgehead atoms. The Bertz CT molecular complexity index is 1800. The van der Waals surface area contributed by atoms with Gasteiger partial charge in [0.05, 0.1) is 23.0 Å². The Morgan fingerprint density at radius 2 is 1.80 bits per heavy atom. The largest absolute Gasteiger partial charge is 0.355 e. The van der Waals surface area contributed by atoms with Crippen LogP contribution in [0.1, 0.15) is 74.4 Å². The molecule has 4 heterocycles. The number of pyridine rings is 1. The topological polar surface area (TPSA) is 95.4 Å². The van der Waals surface area contributed by atoms with Gasteiger partial charge < -0.3 is 25.0 Å². The van der Waals surface area contributed by atoms with Crippen molar-refractivity contribution in [3.05, 3.63) is 65.5 Å². The van der Waals surface area contributed by atoms with Gasteiger partial charge in [-0.2, -0.15) is 0 Å². The van der Waals surface area contributed by atoms with E-state index in [4.69, 9.17) is 9.97 Å². The summed E-state index contributed by atoms with van der Waals surface area (Å²) >= 11 is 0. The smallest absolute Gasteiger partial charge is 0.251 e. The normalized spacial score (nSPS) is 21.1. The summed E-state index contributed by atoms with van der Waals surface area (Å²) in [6.07, 6.45) is 7.81. The van der Waals surface area contributed by atoms with Crippen molar-refractivity contribution in [2.45, 2.75) is 83.8 Å². The van der Waals surface area contributed by atoms with Crippen molar-refractivity contribution < 1.29 is 9.59 Å². The summed E-state index contributed by atoms with van der Waals surface area (Å²) in [5.41, 5.74) is 7.27. The lowest BCUT2D eigenvalue weighted by atomic mass is 9.82. The molecule has 2 aromatic carbocycles. The second kappa shape index (κ2) is 11.3. The molecule has 0 radical (unpaired) electrons. The van der Waals surface area contributed by atoms with Crippen LogP contribution in [-0.4, -0.2) is 63.5 Å². The van der Waals surface area contributed by atoms with E-state index in [2.05, 4.69) is 50.1 Å². The maximum atomic E-state index is 13.9. The van der Waals surface area contributed by atoms with Gasteiger partial charge in [0, 0.05) is 48.2 Å². The summed E-state index contributed by atoms with van der Waals surface area (Å²) in [6.45, 7) is 11.2. The van der Waals surface area contributed by atoms with Crippen molar-refractivity contribution in [1.82, 2.24) is 24.8 Å². The number of aryl methyl sites for hydroxylation is 2. The van der Waals surface area contributed by atoms with Gasteiger partial charge in [0.15, 0.2) is 5.82 Å². The first-order valence-corrected chi connectivity index (χ1v) is 16.4. The number of nitrogens with zero attached hydrogens (tertiary/aromatic N) is 5. The van der Waals surface area contributed by atoms with Crippen LogP contribution < -0.4 is 15.5 Å². The highest BCUT2D eigenvalue weighted by molar-refractivity contribution is 6.09. The van der Waals surface area contributed by atoms with Gasteiger partial charge in [0.2, 0.25) is 5.91 Å². The molecular formula is C36H43N7O2. The second-order valence-corrected chi connectivity index (χ2v) is 13.4. The fourth-order valence-corrected chi connectivity index (χ4v) is 7.45. The first-order chi connectivity index (χ1) is 21.7. The van der Waals surface area contributed by atoms with Crippen LogP contribution >= 0.6 is 0 Å². The minimum Gasteiger partial charge on any atom is -0.355 e. The molecule has 2 aromatic heterocycles. The summed E-state index contributed by atoms with van der Waals surface area (Å²) in [7, 11) is 1.64. The molecule has 4 aromatic rings. The van der Waals surface area contributed by atoms with Gasteiger partial charge in [0.1, 0.15) is 5.52 Å². The first-order valence-electron chi connectivity index (χ1n) is 16.4. The van der Waals surface area contributed by atoms with E-state index < -0.39 is 5.41 Å². The van der Waals surface area contributed by atoms with Gasteiger partial charge in [-0.25, -0.2) is 9.97 Å². The van der Waals surface area contributed by atoms with Crippen LogP contribution in [-0.2, 0) is 16.8 Å². The summed E-state index contributed by atoms with van der Waals surface area (Å²) in [5.74, 6) is 0.733. The van der Waals surface area contributed by atoms with Crippen molar-refractivity contribution in [3.8, 4) is 11.3 Å². The summed E-state index contributed by atoms with van der Waals surface area (Å²) in [5, 5.41) is 6.23. The number of aromatic nitrogens is 3. The quantitative estimate of drug-likeness (QED) is 0.262. The highest BCUT2D eigenvalue weighted by Crippen LogP contribution is 2.48. The van der Waals surface area contributed by atoms with Gasteiger partial charge in [-0.3, -0.25) is 9.59 Å². The van der Waals surface area contributed by atoms with Gasteiger partial charge in [-0.15, -0.1) is 0 Å². The number of amides is 2. The Balaban J connectivity index is 1.25. The molecule has 0 unspecified atom stereocenters. The third-order valence-electron chi connectivity index (χ3n) is 10.2. The van der Waals surface area contributed by atoms with E-state index in [9.17, 15) is 9.59 Å². The molecule has 2 aliphatic heterocycles. The van der Waals surface area contributed by atoms with Crippen LogP contribution in [0.2, 0.25) is 0 Å². The average molecular weight is 606 g/mol. The predicted molar refractivity (Wildman–Crippen MR) is 179 cm³/mol. The lowest BCUT2D eigenvalue weighted by Crippen LogP contribution is -2.57. The number of carbonyl (C=O) groups excluding carboxylic acids is 2. The predicted octanol–water partition coefficient (Wildman–Crippen LogP) is 6.17. The molecule has 9 nitrogen and oxygen atoms in total. The van der Waals surface area contributed by atoms with Gasteiger partial charge in [-0.1, -0.05) is 24.6 Å². The second-order valence-electron chi connectivity index (χ2n) is 13.4. The maximum absolute atomic E-state index is 13.9. The third-order valence-corrected chi connectivity index (χ3v) is 10.2. The SMILES string of the molecule is CCn1cnc2cc(-c3ccc4c(c3)N([C@H]3C[C@@H](N5CCCCC5)C3)C(=O)C4(C)C)nc(Nc3ccc(C)c(C(=O)NC)c3)c21. The zero-order chi connectivity index (χ0) is 31.5.